The van der Waals surface area contributed by atoms with Gasteiger partial charge in [0.1, 0.15) is 12.4 Å². The number of hydrogen-bond acceptors (Lipinski definition) is 3. The van der Waals surface area contributed by atoms with E-state index >= 15 is 0 Å². The molecule has 0 spiro atoms. The van der Waals surface area contributed by atoms with Crippen molar-refractivity contribution in [3.05, 3.63) is 46.5 Å². The molecular weight excluding hydrogens is 320 g/mol. The number of hydrogen-bond donors (Lipinski definition) is 1. The maximum atomic E-state index is 12.6. The molecule has 0 radical (unpaired) electrons. The van der Waals surface area contributed by atoms with Crippen LogP contribution in [0.2, 0.25) is 0 Å². The van der Waals surface area contributed by atoms with E-state index in [0.717, 1.165) is 14.6 Å². The Morgan fingerprint density at radius 2 is 2.21 bits per heavy atom. The van der Waals surface area contributed by atoms with Gasteiger partial charge in [0.25, 0.3) is 0 Å². The van der Waals surface area contributed by atoms with Crippen LogP contribution in [0.15, 0.2) is 35.1 Å². The highest BCUT2D eigenvalue weighted by Gasteiger charge is 2.11. The van der Waals surface area contributed by atoms with Crippen LogP contribution in [0, 0.1) is 0 Å². The maximum absolute atomic E-state index is 12.6. The normalized spacial score (nSPS) is 11.0. The summed E-state index contributed by atoms with van der Waals surface area (Å²) >= 11 is 3.36. The zero-order chi connectivity index (χ0) is 13.8. The van der Waals surface area contributed by atoms with Crippen molar-refractivity contribution in [1.82, 2.24) is 9.55 Å². The van der Waals surface area contributed by atoms with Gasteiger partial charge in [-0.25, -0.2) is 4.98 Å². The second-order valence-electron chi connectivity index (χ2n) is 3.77. The number of benzene rings is 1. The molecule has 1 aromatic carbocycles. The average Bonchev–Trinajstić information content (AvgIpc) is 2.86. The fraction of sp³-hybridized carbons (Fsp3) is 0.250. The lowest BCUT2D eigenvalue weighted by molar-refractivity contribution is 0.0632. The third-order valence-corrected chi connectivity index (χ3v) is 3.34. The summed E-state index contributed by atoms with van der Waals surface area (Å²) in [5.74, 6) is 0.736. The van der Waals surface area contributed by atoms with Gasteiger partial charge in [-0.2, -0.15) is 8.78 Å². The summed E-state index contributed by atoms with van der Waals surface area (Å²) < 4.78 is 32.3. The van der Waals surface area contributed by atoms with E-state index in [1.807, 2.05) is 0 Å². The molecule has 1 aromatic heterocycles. The highest BCUT2D eigenvalue weighted by molar-refractivity contribution is 9.10. The topological polar surface area (TPSA) is 53.1 Å². The van der Waals surface area contributed by atoms with E-state index < -0.39 is 6.55 Å². The monoisotopic (exact) mass is 331 g/mol. The summed E-state index contributed by atoms with van der Waals surface area (Å²) in [5.41, 5.74) is 6.46. The number of alkyl halides is 2. The smallest absolute Gasteiger partial charge is 0.320 e. The summed E-state index contributed by atoms with van der Waals surface area (Å²) in [6.45, 7) is -2.28. The fourth-order valence-corrected chi connectivity index (χ4v) is 1.99. The Labute approximate surface area is 117 Å². The van der Waals surface area contributed by atoms with Gasteiger partial charge in [0.05, 0.1) is 0 Å². The van der Waals surface area contributed by atoms with Crippen molar-refractivity contribution in [2.24, 2.45) is 5.73 Å². The molecule has 4 nitrogen and oxygen atoms in total. The lowest BCUT2D eigenvalue weighted by atomic mass is 10.2. The third kappa shape index (κ3) is 3.30. The Balaban J connectivity index is 2.08. The van der Waals surface area contributed by atoms with Crippen LogP contribution in [0.3, 0.4) is 0 Å². The summed E-state index contributed by atoms with van der Waals surface area (Å²) in [6.07, 6.45) is 2.54. The number of imidazole rings is 1. The number of ether oxygens (including phenoxy) is 1. The summed E-state index contributed by atoms with van der Waals surface area (Å²) in [6, 6.07) is 5.30. The van der Waals surface area contributed by atoms with Crippen molar-refractivity contribution < 1.29 is 13.5 Å². The van der Waals surface area contributed by atoms with E-state index in [1.165, 1.54) is 12.4 Å². The quantitative estimate of drug-likeness (QED) is 0.915. The summed E-state index contributed by atoms with van der Waals surface area (Å²) in [4.78, 5) is 3.84. The fourth-order valence-electron chi connectivity index (χ4n) is 1.58. The molecule has 19 heavy (non-hydrogen) atoms. The molecule has 7 heteroatoms. The first kappa shape index (κ1) is 14.0. The van der Waals surface area contributed by atoms with Crippen molar-refractivity contribution in [2.75, 3.05) is 0 Å². The molecule has 0 saturated heterocycles. The zero-order valence-corrected chi connectivity index (χ0v) is 11.5. The lowest BCUT2D eigenvalue weighted by Gasteiger charge is -2.10. The van der Waals surface area contributed by atoms with Gasteiger partial charge in [0.2, 0.25) is 0 Å². The molecule has 0 aliphatic heterocycles. The van der Waals surface area contributed by atoms with Crippen LogP contribution in [0.1, 0.15) is 17.9 Å². The molecule has 0 amide bonds. The van der Waals surface area contributed by atoms with Gasteiger partial charge in [0.15, 0.2) is 5.82 Å². The molecule has 2 N–H and O–H groups in total. The molecular formula is C12H12BrF2N3O. The zero-order valence-electron chi connectivity index (χ0n) is 9.89. The minimum absolute atomic E-state index is 0.0248. The minimum atomic E-state index is -2.62. The standard InChI is InChI=1S/C12H12BrF2N3O/c13-10-2-1-9(5-8(10)6-16)19-7-11-17-3-4-18(11)12(14)15/h1-5,12H,6-7,16H2. The van der Waals surface area contributed by atoms with Crippen LogP contribution in [0.25, 0.3) is 0 Å². The highest BCUT2D eigenvalue weighted by Crippen LogP contribution is 2.23. The molecule has 2 aromatic rings. The SMILES string of the molecule is NCc1cc(OCc2nccn2C(F)F)ccc1Br. The van der Waals surface area contributed by atoms with Gasteiger partial charge >= 0.3 is 6.55 Å². The molecule has 102 valence electrons. The van der Waals surface area contributed by atoms with Gasteiger partial charge in [-0.15, -0.1) is 0 Å². The molecule has 0 fully saturated rings. The third-order valence-electron chi connectivity index (χ3n) is 2.56. The Morgan fingerprint density at radius 3 is 2.89 bits per heavy atom. The lowest BCUT2D eigenvalue weighted by Crippen LogP contribution is -2.07. The average molecular weight is 332 g/mol. The summed E-state index contributed by atoms with van der Waals surface area (Å²) in [7, 11) is 0. The van der Waals surface area contributed by atoms with Gasteiger partial charge in [-0.3, -0.25) is 4.57 Å². The number of rotatable bonds is 5. The van der Waals surface area contributed by atoms with E-state index in [-0.39, 0.29) is 12.4 Å². The summed E-state index contributed by atoms with van der Waals surface area (Å²) in [5, 5.41) is 0. The predicted octanol–water partition coefficient (Wildman–Crippen LogP) is 3.08. The second kappa shape index (κ2) is 6.12. The largest absolute Gasteiger partial charge is 0.486 e. The Kier molecular flexibility index (Phi) is 4.49. The highest BCUT2D eigenvalue weighted by atomic mass is 79.9. The molecule has 0 bridgehead atoms. The molecule has 0 aliphatic rings. The van der Waals surface area contributed by atoms with Crippen LogP contribution in [-0.4, -0.2) is 9.55 Å². The first-order valence-corrected chi connectivity index (χ1v) is 6.32. The van der Waals surface area contributed by atoms with E-state index in [4.69, 9.17) is 10.5 Å². The Hall–Kier alpha value is -1.47. The van der Waals surface area contributed by atoms with E-state index in [9.17, 15) is 8.78 Å². The number of halogens is 3. The van der Waals surface area contributed by atoms with Crippen LogP contribution in [0.4, 0.5) is 8.78 Å². The number of nitrogens with zero attached hydrogens (tertiary/aromatic N) is 2. The van der Waals surface area contributed by atoms with Crippen LogP contribution >= 0.6 is 15.9 Å². The second-order valence-corrected chi connectivity index (χ2v) is 4.63. The van der Waals surface area contributed by atoms with Gasteiger partial charge in [-0.1, -0.05) is 15.9 Å². The van der Waals surface area contributed by atoms with Crippen molar-refractivity contribution in [3.8, 4) is 5.75 Å². The van der Waals surface area contributed by atoms with E-state index in [2.05, 4.69) is 20.9 Å². The first-order chi connectivity index (χ1) is 9.11. The molecule has 1 heterocycles. The van der Waals surface area contributed by atoms with Crippen molar-refractivity contribution in [3.63, 3.8) is 0 Å². The predicted molar refractivity (Wildman–Crippen MR) is 69.8 cm³/mol. The molecule has 0 saturated carbocycles. The Bertz CT molecular complexity index is 560. The Morgan fingerprint density at radius 1 is 1.42 bits per heavy atom. The van der Waals surface area contributed by atoms with Gasteiger partial charge in [0, 0.05) is 23.4 Å². The maximum Gasteiger partial charge on any atom is 0.320 e. The molecule has 0 aliphatic carbocycles. The number of aromatic nitrogens is 2. The first-order valence-electron chi connectivity index (χ1n) is 5.53. The molecule has 0 unspecified atom stereocenters. The van der Waals surface area contributed by atoms with Gasteiger partial charge in [-0.05, 0) is 23.8 Å². The van der Waals surface area contributed by atoms with Crippen molar-refractivity contribution in [2.45, 2.75) is 19.7 Å². The van der Waals surface area contributed by atoms with Crippen LogP contribution in [0.5, 0.6) is 5.75 Å². The number of nitrogens with two attached hydrogens (primary N) is 1. The molecule has 0 atom stereocenters. The van der Waals surface area contributed by atoms with Crippen LogP contribution in [-0.2, 0) is 13.2 Å². The van der Waals surface area contributed by atoms with Crippen LogP contribution < -0.4 is 10.5 Å². The van der Waals surface area contributed by atoms with Gasteiger partial charge < -0.3 is 10.5 Å². The van der Waals surface area contributed by atoms with Crippen molar-refractivity contribution in [1.29, 1.82) is 0 Å². The van der Waals surface area contributed by atoms with E-state index in [0.29, 0.717) is 12.3 Å². The molecule has 2 rings (SSSR count). The van der Waals surface area contributed by atoms with E-state index in [1.54, 1.807) is 18.2 Å². The minimum Gasteiger partial charge on any atom is -0.486 e. The van der Waals surface area contributed by atoms with Crippen molar-refractivity contribution >= 4 is 15.9 Å².